The van der Waals surface area contributed by atoms with Crippen molar-refractivity contribution in [1.82, 2.24) is 4.98 Å². The topological polar surface area (TPSA) is 98.6 Å². The fraction of sp³-hybridized carbons (Fsp3) is 0.111. The zero-order chi connectivity index (χ0) is 20.4. The summed E-state index contributed by atoms with van der Waals surface area (Å²) in [6, 6.07) is 5.75. The standard InChI is InChI=1S/C18H12ClF3N2O4/c19-9-2-1-8(5-11(9)21)12-6-28-18(24-12)13(25)7-27-14-4-3-10(20)15(16(14)22)17(23)26/h1-6,13,25H,7H2,(H2,23,26). The number of aromatic nitrogens is 1. The summed E-state index contributed by atoms with van der Waals surface area (Å²) < 4.78 is 51.3. The van der Waals surface area contributed by atoms with E-state index in [0.29, 0.717) is 5.56 Å². The second-order valence-electron chi connectivity index (χ2n) is 5.63. The minimum Gasteiger partial charge on any atom is -0.487 e. The van der Waals surface area contributed by atoms with Crippen LogP contribution >= 0.6 is 11.6 Å². The van der Waals surface area contributed by atoms with E-state index in [-0.39, 0.29) is 16.6 Å². The molecule has 2 aromatic carbocycles. The Hall–Kier alpha value is -3.04. The lowest BCUT2D eigenvalue weighted by molar-refractivity contribution is 0.0819. The molecule has 28 heavy (non-hydrogen) atoms. The van der Waals surface area contributed by atoms with Gasteiger partial charge in [0.25, 0.3) is 5.91 Å². The van der Waals surface area contributed by atoms with Gasteiger partial charge in [-0.25, -0.2) is 18.2 Å². The van der Waals surface area contributed by atoms with Crippen molar-refractivity contribution in [2.75, 3.05) is 6.61 Å². The molecular formula is C18H12ClF3N2O4. The van der Waals surface area contributed by atoms with E-state index in [1.165, 1.54) is 18.4 Å². The van der Waals surface area contributed by atoms with Gasteiger partial charge in [-0.3, -0.25) is 4.79 Å². The van der Waals surface area contributed by atoms with Crippen LogP contribution in [0.3, 0.4) is 0 Å². The number of benzene rings is 2. The number of halogens is 4. The van der Waals surface area contributed by atoms with Crippen molar-refractivity contribution < 1.29 is 32.2 Å². The number of oxazole rings is 1. The van der Waals surface area contributed by atoms with Gasteiger partial charge < -0.3 is 20.0 Å². The number of aliphatic hydroxyl groups is 1. The van der Waals surface area contributed by atoms with Crippen LogP contribution in [-0.4, -0.2) is 22.6 Å². The summed E-state index contributed by atoms with van der Waals surface area (Å²) in [4.78, 5) is 15.1. The number of amides is 1. The summed E-state index contributed by atoms with van der Waals surface area (Å²) in [7, 11) is 0. The molecule has 0 bridgehead atoms. The second-order valence-corrected chi connectivity index (χ2v) is 6.03. The highest BCUT2D eigenvalue weighted by Crippen LogP contribution is 2.27. The lowest BCUT2D eigenvalue weighted by Crippen LogP contribution is -2.17. The maximum absolute atomic E-state index is 14.1. The van der Waals surface area contributed by atoms with Crippen LogP contribution < -0.4 is 10.5 Å². The number of carbonyl (C=O) groups is 1. The number of hydrogen-bond donors (Lipinski definition) is 2. The van der Waals surface area contributed by atoms with Crippen molar-refractivity contribution in [2.45, 2.75) is 6.10 Å². The highest BCUT2D eigenvalue weighted by molar-refractivity contribution is 6.30. The lowest BCUT2D eigenvalue weighted by Gasteiger charge is -2.11. The molecular weight excluding hydrogens is 401 g/mol. The average Bonchev–Trinajstić information content (AvgIpc) is 3.13. The number of nitrogens with zero attached hydrogens (tertiary/aromatic N) is 1. The summed E-state index contributed by atoms with van der Waals surface area (Å²) in [5.74, 6) is -5.03. The molecule has 0 aliphatic heterocycles. The first-order valence-corrected chi connectivity index (χ1v) is 8.15. The Morgan fingerprint density at radius 1 is 1.25 bits per heavy atom. The van der Waals surface area contributed by atoms with Gasteiger partial charge in [0, 0.05) is 5.56 Å². The summed E-state index contributed by atoms with van der Waals surface area (Å²) in [5.41, 5.74) is 4.57. The molecule has 1 atom stereocenters. The Labute approximate surface area is 161 Å². The second kappa shape index (κ2) is 7.91. The van der Waals surface area contributed by atoms with Crippen LogP contribution in [0.15, 0.2) is 41.0 Å². The maximum Gasteiger partial charge on any atom is 0.254 e. The number of carbonyl (C=O) groups excluding carboxylic acids is 1. The molecule has 0 aliphatic carbocycles. The molecule has 0 aliphatic rings. The largest absolute Gasteiger partial charge is 0.487 e. The van der Waals surface area contributed by atoms with Crippen LogP contribution in [0, 0.1) is 17.5 Å². The molecule has 3 aromatic rings. The number of rotatable bonds is 6. The van der Waals surface area contributed by atoms with Gasteiger partial charge in [0.15, 0.2) is 17.7 Å². The van der Waals surface area contributed by atoms with Gasteiger partial charge in [-0.05, 0) is 24.3 Å². The van der Waals surface area contributed by atoms with E-state index in [1.807, 2.05) is 0 Å². The Balaban J connectivity index is 1.73. The summed E-state index contributed by atoms with van der Waals surface area (Å²) >= 11 is 5.62. The quantitative estimate of drug-likeness (QED) is 0.644. The van der Waals surface area contributed by atoms with Crippen LogP contribution in [0.25, 0.3) is 11.3 Å². The zero-order valence-electron chi connectivity index (χ0n) is 14.0. The SMILES string of the molecule is NC(=O)c1c(F)ccc(OCC(O)c2nc(-c3ccc(Cl)c(F)c3)co2)c1F. The Bertz CT molecular complexity index is 1040. The maximum atomic E-state index is 14.1. The van der Waals surface area contributed by atoms with E-state index < -0.39 is 47.4 Å². The van der Waals surface area contributed by atoms with Crippen LogP contribution in [0.4, 0.5) is 13.2 Å². The predicted octanol–water partition coefficient (Wildman–Crippen LogP) is 3.62. The van der Waals surface area contributed by atoms with Crippen molar-refractivity contribution in [1.29, 1.82) is 0 Å². The van der Waals surface area contributed by atoms with Crippen LogP contribution in [0.2, 0.25) is 5.02 Å². The normalized spacial score (nSPS) is 12.0. The highest BCUT2D eigenvalue weighted by Gasteiger charge is 2.21. The van der Waals surface area contributed by atoms with Crippen molar-refractivity contribution in [3.8, 4) is 17.0 Å². The molecule has 0 spiro atoms. The highest BCUT2D eigenvalue weighted by atomic mass is 35.5. The molecule has 1 aromatic heterocycles. The van der Waals surface area contributed by atoms with E-state index in [0.717, 1.165) is 18.2 Å². The van der Waals surface area contributed by atoms with Crippen LogP contribution in [0.1, 0.15) is 22.4 Å². The third-order valence-corrected chi connectivity index (χ3v) is 4.03. The fourth-order valence-corrected chi connectivity index (χ4v) is 2.46. The summed E-state index contributed by atoms with van der Waals surface area (Å²) in [6.45, 7) is -0.518. The Morgan fingerprint density at radius 2 is 2.00 bits per heavy atom. The third-order valence-electron chi connectivity index (χ3n) is 3.72. The molecule has 0 saturated heterocycles. The lowest BCUT2D eigenvalue weighted by atomic mass is 10.1. The fourth-order valence-electron chi connectivity index (χ4n) is 2.34. The van der Waals surface area contributed by atoms with Crippen molar-refractivity contribution in [2.24, 2.45) is 5.73 Å². The molecule has 6 nitrogen and oxygen atoms in total. The van der Waals surface area contributed by atoms with Gasteiger partial charge in [0.05, 0.1) is 5.02 Å². The molecule has 0 radical (unpaired) electrons. The number of aliphatic hydroxyl groups excluding tert-OH is 1. The predicted molar refractivity (Wildman–Crippen MR) is 92.2 cm³/mol. The van der Waals surface area contributed by atoms with Gasteiger partial charge in [-0.15, -0.1) is 0 Å². The van der Waals surface area contributed by atoms with Gasteiger partial charge >= 0.3 is 0 Å². The molecule has 3 N–H and O–H groups in total. The van der Waals surface area contributed by atoms with Gasteiger partial charge in [-0.1, -0.05) is 17.7 Å². The van der Waals surface area contributed by atoms with Crippen molar-refractivity contribution >= 4 is 17.5 Å². The molecule has 1 amide bonds. The zero-order valence-corrected chi connectivity index (χ0v) is 14.7. The van der Waals surface area contributed by atoms with Crippen molar-refractivity contribution in [3.63, 3.8) is 0 Å². The molecule has 1 unspecified atom stereocenters. The van der Waals surface area contributed by atoms with E-state index >= 15 is 0 Å². The Kier molecular flexibility index (Phi) is 5.57. The molecule has 0 fully saturated rings. The first-order chi connectivity index (χ1) is 13.3. The van der Waals surface area contributed by atoms with E-state index in [1.54, 1.807) is 0 Å². The first-order valence-electron chi connectivity index (χ1n) is 7.77. The first kappa shape index (κ1) is 19.7. The smallest absolute Gasteiger partial charge is 0.254 e. The molecule has 146 valence electrons. The average molecular weight is 413 g/mol. The number of hydrogen-bond acceptors (Lipinski definition) is 5. The number of ether oxygens (including phenoxy) is 1. The summed E-state index contributed by atoms with van der Waals surface area (Å²) in [5, 5.41) is 10.0. The molecule has 0 saturated carbocycles. The van der Waals surface area contributed by atoms with Gasteiger partial charge in [0.2, 0.25) is 5.89 Å². The minimum atomic E-state index is -1.42. The van der Waals surface area contributed by atoms with Crippen molar-refractivity contribution in [3.05, 3.63) is 70.5 Å². The third kappa shape index (κ3) is 3.95. The summed E-state index contributed by atoms with van der Waals surface area (Å²) in [6.07, 6.45) is -0.238. The van der Waals surface area contributed by atoms with Gasteiger partial charge in [-0.2, -0.15) is 0 Å². The number of nitrogens with two attached hydrogens (primary N) is 1. The van der Waals surface area contributed by atoms with Crippen LogP contribution in [0.5, 0.6) is 5.75 Å². The van der Waals surface area contributed by atoms with Gasteiger partial charge in [0.1, 0.15) is 35.8 Å². The monoisotopic (exact) mass is 412 g/mol. The minimum absolute atomic E-state index is 0.0578. The molecule has 1 heterocycles. The van der Waals surface area contributed by atoms with E-state index in [4.69, 9.17) is 26.5 Å². The van der Waals surface area contributed by atoms with E-state index in [9.17, 15) is 23.1 Å². The van der Waals surface area contributed by atoms with E-state index in [2.05, 4.69) is 4.98 Å². The van der Waals surface area contributed by atoms with Crippen LogP contribution in [-0.2, 0) is 0 Å². The Morgan fingerprint density at radius 3 is 2.68 bits per heavy atom. The number of primary amides is 1. The molecule has 10 heteroatoms. The molecule has 3 rings (SSSR count).